The van der Waals surface area contributed by atoms with Gasteiger partial charge in [0.15, 0.2) is 5.16 Å². The quantitative estimate of drug-likeness (QED) is 0.453. The largest absolute Gasteiger partial charge is 0.287 e. The van der Waals surface area contributed by atoms with Gasteiger partial charge in [0.2, 0.25) is 0 Å². The highest BCUT2D eigenvalue weighted by molar-refractivity contribution is 7.99. The Balaban J connectivity index is 2.18. The first kappa shape index (κ1) is 16.1. The van der Waals surface area contributed by atoms with E-state index in [1.807, 2.05) is 4.57 Å². The third-order valence-electron chi connectivity index (χ3n) is 4.30. The molecular weight excluding hydrogens is 312 g/mol. The number of aryl methyl sites for hydroxylation is 2. The number of aromatic nitrogens is 2. The van der Waals surface area contributed by atoms with Crippen molar-refractivity contribution in [3.8, 4) is 0 Å². The molecule has 3 nitrogen and oxygen atoms in total. The summed E-state index contributed by atoms with van der Waals surface area (Å²) >= 11 is 3.45. The molecule has 0 bridgehead atoms. The van der Waals surface area contributed by atoms with E-state index in [1.54, 1.807) is 23.1 Å². The molecule has 0 atom stereocenters. The highest BCUT2D eigenvalue weighted by Gasteiger charge is 2.21. The fraction of sp³-hybridized carbons (Fsp3) is 0.647. The summed E-state index contributed by atoms with van der Waals surface area (Å²) in [5.41, 5.74) is 1.52. The van der Waals surface area contributed by atoms with E-state index in [1.165, 1.54) is 29.7 Å². The minimum atomic E-state index is 0.203. The highest BCUT2D eigenvalue weighted by Crippen LogP contribution is 2.34. The van der Waals surface area contributed by atoms with E-state index in [9.17, 15) is 4.79 Å². The van der Waals surface area contributed by atoms with Crippen LogP contribution in [-0.2, 0) is 19.4 Å². The van der Waals surface area contributed by atoms with Crippen LogP contribution in [0.25, 0.3) is 10.2 Å². The van der Waals surface area contributed by atoms with Crippen LogP contribution >= 0.6 is 23.1 Å². The Morgan fingerprint density at radius 1 is 1.23 bits per heavy atom. The number of thiophene rings is 1. The summed E-state index contributed by atoms with van der Waals surface area (Å²) in [4.78, 5) is 20.3. The standard InChI is InChI=1S/C17H24N2OS2/c1-3-5-11-19-16(20)14-12-9-7-6-8-10-13(12)22-15(14)18-17(19)21-4-2/h3-11H2,1-2H3. The number of hydrogen-bond donors (Lipinski definition) is 0. The summed E-state index contributed by atoms with van der Waals surface area (Å²) in [5.74, 6) is 0.954. The van der Waals surface area contributed by atoms with Crippen LogP contribution in [0.1, 0.15) is 56.4 Å². The van der Waals surface area contributed by atoms with Crippen molar-refractivity contribution in [2.45, 2.75) is 70.5 Å². The Morgan fingerprint density at radius 3 is 2.82 bits per heavy atom. The molecule has 2 aromatic rings. The molecule has 22 heavy (non-hydrogen) atoms. The molecule has 1 aliphatic rings. The normalized spacial score (nSPS) is 15.0. The summed E-state index contributed by atoms with van der Waals surface area (Å²) in [6, 6.07) is 0. The van der Waals surface area contributed by atoms with Gasteiger partial charge < -0.3 is 0 Å². The molecule has 2 heterocycles. The predicted molar refractivity (Wildman–Crippen MR) is 96.4 cm³/mol. The molecule has 0 aromatic carbocycles. The molecule has 0 saturated carbocycles. The predicted octanol–water partition coefficient (Wildman–Crippen LogP) is 4.64. The van der Waals surface area contributed by atoms with Crippen molar-refractivity contribution in [2.75, 3.05) is 5.75 Å². The maximum atomic E-state index is 13.1. The van der Waals surface area contributed by atoms with Crippen LogP contribution in [0.5, 0.6) is 0 Å². The first-order chi connectivity index (χ1) is 10.8. The lowest BCUT2D eigenvalue weighted by Crippen LogP contribution is -2.23. The van der Waals surface area contributed by atoms with E-state index in [4.69, 9.17) is 4.98 Å². The highest BCUT2D eigenvalue weighted by atomic mass is 32.2. The van der Waals surface area contributed by atoms with Gasteiger partial charge in [0.05, 0.1) is 5.39 Å². The van der Waals surface area contributed by atoms with E-state index in [-0.39, 0.29) is 5.56 Å². The average molecular weight is 337 g/mol. The van der Waals surface area contributed by atoms with Gasteiger partial charge in [-0.3, -0.25) is 9.36 Å². The second-order valence-corrected chi connectivity index (χ2v) is 8.20. The van der Waals surface area contributed by atoms with Crippen molar-refractivity contribution in [1.29, 1.82) is 0 Å². The molecule has 1 aliphatic carbocycles. The topological polar surface area (TPSA) is 34.9 Å². The zero-order chi connectivity index (χ0) is 15.5. The minimum Gasteiger partial charge on any atom is -0.287 e. The summed E-state index contributed by atoms with van der Waals surface area (Å²) in [6.07, 6.45) is 8.06. The van der Waals surface area contributed by atoms with Crippen LogP contribution in [0.3, 0.4) is 0 Å². The van der Waals surface area contributed by atoms with Crippen LogP contribution < -0.4 is 5.56 Å². The Labute approximate surface area is 140 Å². The van der Waals surface area contributed by atoms with E-state index in [0.29, 0.717) is 0 Å². The number of thioether (sulfide) groups is 1. The average Bonchev–Trinajstić information content (AvgIpc) is 2.69. The van der Waals surface area contributed by atoms with Gasteiger partial charge in [0, 0.05) is 11.4 Å². The zero-order valence-electron chi connectivity index (χ0n) is 13.5. The fourth-order valence-electron chi connectivity index (χ4n) is 3.15. The van der Waals surface area contributed by atoms with Crippen LogP contribution in [0.15, 0.2) is 9.95 Å². The van der Waals surface area contributed by atoms with Crippen LogP contribution in [0.4, 0.5) is 0 Å². The fourth-order valence-corrected chi connectivity index (χ4v) is 5.20. The van der Waals surface area contributed by atoms with Crippen molar-refractivity contribution >= 4 is 33.3 Å². The molecule has 0 N–H and O–H groups in total. The van der Waals surface area contributed by atoms with Crippen molar-refractivity contribution in [3.05, 3.63) is 20.8 Å². The third-order valence-corrected chi connectivity index (χ3v) is 6.34. The SMILES string of the molecule is CCCCn1c(SCC)nc2sc3c(c2c1=O)CCCCC3. The summed E-state index contributed by atoms with van der Waals surface area (Å²) in [7, 11) is 0. The first-order valence-corrected chi connectivity index (χ1v) is 10.2. The number of hydrogen-bond acceptors (Lipinski definition) is 4. The number of rotatable bonds is 5. The minimum absolute atomic E-state index is 0.203. The second-order valence-electron chi connectivity index (χ2n) is 5.88. The molecule has 0 aliphatic heterocycles. The Hall–Kier alpha value is -0.810. The number of unbranched alkanes of at least 4 members (excludes halogenated alkanes) is 1. The lowest BCUT2D eigenvalue weighted by molar-refractivity contribution is 0.558. The Bertz CT molecular complexity index is 717. The Morgan fingerprint density at radius 2 is 2.05 bits per heavy atom. The molecule has 2 aromatic heterocycles. The molecule has 0 fully saturated rings. The molecule has 0 amide bonds. The van der Waals surface area contributed by atoms with Gasteiger partial charge in [-0.2, -0.15) is 0 Å². The summed E-state index contributed by atoms with van der Waals surface area (Å²) < 4.78 is 1.93. The van der Waals surface area contributed by atoms with Gasteiger partial charge in [-0.15, -0.1) is 11.3 Å². The lowest BCUT2D eigenvalue weighted by Gasteiger charge is -2.11. The molecule has 120 valence electrons. The molecule has 5 heteroatoms. The number of nitrogens with zero attached hydrogens (tertiary/aromatic N) is 2. The van der Waals surface area contributed by atoms with Gasteiger partial charge in [-0.05, 0) is 43.4 Å². The van der Waals surface area contributed by atoms with Gasteiger partial charge in [0.25, 0.3) is 5.56 Å². The van der Waals surface area contributed by atoms with Gasteiger partial charge in [-0.25, -0.2) is 4.98 Å². The van der Waals surface area contributed by atoms with E-state index < -0.39 is 0 Å². The molecule has 0 radical (unpaired) electrons. The molecular formula is C17H24N2OS2. The molecule has 0 spiro atoms. The Kier molecular flexibility index (Phi) is 5.24. The maximum Gasteiger partial charge on any atom is 0.263 e. The van der Waals surface area contributed by atoms with Crippen LogP contribution in [0, 0.1) is 0 Å². The second kappa shape index (κ2) is 7.18. The van der Waals surface area contributed by atoms with Crippen molar-refractivity contribution in [2.24, 2.45) is 0 Å². The van der Waals surface area contributed by atoms with E-state index >= 15 is 0 Å². The lowest BCUT2D eigenvalue weighted by atomic mass is 10.1. The third kappa shape index (κ3) is 2.98. The smallest absolute Gasteiger partial charge is 0.263 e. The van der Waals surface area contributed by atoms with Gasteiger partial charge in [0.1, 0.15) is 4.83 Å². The molecule has 0 unspecified atom stereocenters. The maximum absolute atomic E-state index is 13.1. The van der Waals surface area contributed by atoms with Crippen molar-refractivity contribution in [3.63, 3.8) is 0 Å². The molecule has 3 rings (SSSR count). The zero-order valence-corrected chi connectivity index (χ0v) is 15.1. The first-order valence-electron chi connectivity index (χ1n) is 8.44. The summed E-state index contributed by atoms with van der Waals surface area (Å²) in [6.45, 7) is 5.08. The van der Waals surface area contributed by atoms with Crippen LogP contribution in [-0.4, -0.2) is 15.3 Å². The van der Waals surface area contributed by atoms with Crippen molar-refractivity contribution < 1.29 is 0 Å². The summed E-state index contributed by atoms with van der Waals surface area (Å²) in [5, 5.41) is 1.84. The van der Waals surface area contributed by atoms with Gasteiger partial charge in [-0.1, -0.05) is 38.5 Å². The van der Waals surface area contributed by atoms with E-state index in [2.05, 4.69) is 13.8 Å². The molecule has 0 saturated heterocycles. The monoisotopic (exact) mass is 336 g/mol. The van der Waals surface area contributed by atoms with E-state index in [0.717, 1.165) is 53.4 Å². The number of fused-ring (bicyclic) bond motifs is 3. The van der Waals surface area contributed by atoms with Gasteiger partial charge >= 0.3 is 0 Å². The van der Waals surface area contributed by atoms with Crippen molar-refractivity contribution in [1.82, 2.24) is 9.55 Å². The van der Waals surface area contributed by atoms with Crippen LogP contribution in [0.2, 0.25) is 0 Å².